The molecular formula is C70H62F3N7O10. The second kappa shape index (κ2) is 22.1. The Labute approximate surface area is 512 Å². The van der Waals surface area contributed by atoms with Crippen LogP contribution in [-0.2, 0) is 57.7 Å². The third kappa shape index (κ3) is 10.7. The van der Waals surface area contributed by atoms with Gasteiger partial charge >= 0.3 is 18.1 Å². The van der Waals surface area contributed by atoms with E-state index < -0.39 is 58.8 Å². The average Bonchev–Trinajstić information content (AvgIpc) is 0.811. The maximum atomic E-state index is 14.4. The van der Waals surface area contributed by atoms with Gasteiger partial charge in [-0.15, -0.1) is 0 Å². The number of benzene rings is 5. The van der Waals surface area contributed by atoms with Crippen molar-refractivity contribution in [3.05, 3.63) is 199 Å². The molecule has 458 valence electrons. The number of alkyl halides is 3. The van der Waals surface area contributed by atoms with Crippen molar-refractivity contribution in [3.8, 4) is 33.8 Å². The van der Waals surface area contributed by atoms with Crippen LogP contribution in [0.2, 0.25) is 0 Å². The molecule has 11 aromatic rings. The zero-order valence-corrected chi connectivity index (χ0v) is 50.5. The lowest BCUT2D eigenvalue weighted by atomic mass is 9.86. The molecule has 2 N–H and O–H groups in total. The predicted octanol–water partition coefficient (Wildman–Crippen LogP) is 13.0. The Hall–Kier alpha value is -9.79. The molecule has 0 aliphatic carbocycles. The second-order valence-corrected chi connectivity index (χ2v) is 25.2. The fourth-order valence-electron chi connectivity index (χ4n) is 13.1. The first-order chi connectivity index (χ1) is 42.8. The van der Waals surface area contributed by atoms with Crippen molar-refractivity contribution in [2.24, 2.45) is 0 Å². The largest absolute Gasteiger partial charge is 0.493 e. The quantitative estimate of drug-likeness (QED) is 0.104. The molecule has 2 aliphatic heterocycles. The van der Waals surface area contributed by atoms with Crippen molar-refractivity contribution in [1.29, 1.82) is 0 Å². The van der Waals surface area contributed by atoms with E-state index in [1.165, 1.54) is 22.9 Å². The molecule has 2 aliphatic rings. The molecule has 90 heavy (non-hydrogen) atoms. The van der Waals surface area contributed by atoms with Crippen LogP contribution in [0.15, 0.2) is 138 Å². The lowest BCUT2D eigenvalue weighted by Crippen LogP contribution is -2.29. The molecule has 3 atom stereocenters. The standard InChI is InChI=1S/C70H62F3N7O10/c1-36-26-50-44(14-18-54(81)78(50)33-38-28-42(31-74-30-38)70(71,72)73)60(56(36)64(66(83)84)89-68(3,4)5)47-13-17-53-59-40(21-24-76-63(47)59)29-43(88-53)35-80-49-11-9-10-41(48(49)32-77-80)34-79-51-27-37(2)57(65(67(85)86)90-69(6,7)8)61(45(51)15-19-55(79)82)46-12-16-52-58-39(22-25-87-52)20-23-75-62(46)58/h9-21,23-24,26-28,30-32,43,64-65H,22,25,29,33-35H2,1-8H3,(H,83,84)(H,85,86). The molecule has 20 heteroatoms. The number of rotatable bonds is 14. The minimum atomic E-state index is -4.67. The first kappa shape index (κ1) is 59.2. The number of carboxylic acids is 2. The summed E-state index contributed by atoms with van der Waals surface area (Å²) in [5.74, 6) is -1.21. The summed E-state index contributed by atoms with van der Waals surface area (Å²) in [6.45, 7) is 14.9. The first-order valence-electron chi connectivity index (χ1n) is 29.5. The summed E-state index contributed by atoms with van der Waals surface area (Å²) in [6.07, 6.45) is 0.303. The van der Waals surface area contributed by atoms with E-state index in [1.54, 1.807) is 75.1 Å². The van der Waals surface area contributed by atoms with Gasteiger partial charge in [0.05, 0.1) is 76.8 Å². The molecule has 0 saturated heterocycles. The first-order valence-corrected chi connectivity index (χ1v) is 29.5. The molecular weight excluding hydrogens is 1160 g/mol. The van der Waals surface area contributed by atoms with Gasteiger partial charge in [0.2, 0.25) is 0 Å². The number of aryl methyl sites for hydroxylation is 2. The van der Waals surface area contributed by atoms with Gasteiger partial charge in [0.15, 0.2) is 12.2 Å². The number of carboxylic acid groups (broad SMARTS) is 2. The maximum absolute atomic E-state index is 14.4. The van der Waals surface area contributed by atoms with E-state index in [4.69, 9.17) is 34.0 Å². The van der Waals surface area contributed by atoms with Crippen molar-refractivity contribution in [3.63, 3.8) is 0 Å². The highest BCUT2D eigenvalue weighted by Crippen LogP contribution is 2.48. The topological polar surface area (TPSA) is 212 Å². The SMILES string of the molecule is Cc1cc2c(ccc(=O)n2Cc2cccc3c2cnn3CC2Cc3ccnc4c(-c5c(C(OC(C)(C)C)C(=O)O)c(C)cc6c5ccc(=O)n6Cc5cncc(C(F)(F)F)c5)ccc(c34)O2)c(-c2ccc3c4c(ccnc24)CCO3)c1C(OC(C)(C)C)C(=O)O. The van der Waals surface area contributed by atoms with Crippen molar-refractivity contribution >= 4 is 66.5 Å². The second-order valence-electron chi connectivity index (χ2n) is 25.2. The predicted molar refractivity (Wildman–Crippen MR) is 334 cm³/mol. The average molecular weight is 1220 g/mol. The van der Waals surface area contributed by atoms with E-state index in [9.17, 15) is 42.6 Å². The summed E-state index contributed by atoms with van der Waals surface area (Å²) < 4.78 is 72.2. The third-order valence-corrected chi connectivity index (χ3v) is 16.7. The van der Waals surface area contributed by atoms with E-state index in [0.29, 0.717) is 120 Å². The Bertz CT molecular complexity index is 4920. The van der Waals surface area contributed by atoms with E-state index in [-0.39, 0.29) is 24.2 Å². The Morgan fingerprint density at radius 1 is 0.656 bits per heavy atom. The Balaban J connectivity index is 0.870. The van der Waals surface area contributed by atoms with Gasteiger partial charge in [0, 0.05) is 98.9 Å². The number of aromatic nitrogens is 7. The Kier molecular flexibility index (Phi) is 14.5. The van der Waals surface area contributed by atoms with Gasteiger partial charge in [-0.25, -0.2) is 9.59 Å². The molecule has 0 bridgehead atoms. The van der Waals surface area contributed by atoms with Crippen molar-refractivity contribution in [1.82, 2.24) is 33.9 Å². The number of aliphatic carboxylic acids is 2. The van der Waals surface area contributed by atoms with Crippen molar-refractivity contribution in [2.75, 3.05) is 6.61 Å². The number of ether oxygens (including phenoxy) is 4. The third-order valence-electron chi connectivity index (χ3n) is 16.7. The molecule has 8 heterocycles. The molecule has 3 unspecified atom stereocenters. The molecule has 0 amide bonds. The zero-order valence-electron chi connectivity index (χ0n) is 50.5. The Morgan fingerprint density at radius 2 is 1.22 bits per heavy atom. The highest BCUT2D eigenvalue weighted by Gasteiger charge is 2.37. The minimum Gasteiger partial charge on any atom is -0.493 e. The monoisotopic (exact) mass is 1220 g/mol. The number of halogens is 3. The van der Waals surface area contributed by atoms with Gasteiger partial charge in [-0.2, -0.15) is 18.3 Å². The van der Waals surface area contributed by atoms with Crippen LogP contribution in [-0.4, -0.2) is 79.9 Å². The molecule has 6 aromatic heterocycles. The van der Waals surface area contributed by atoms with Crippen LogP contribution in [0.25, 0.3) is 76.8 Å². The highest BCUT2D eigenvalue weighted by molar-refractivity contribution is 6.10. The van der Waals surface area contributed by atoms with E-state index >= 15 is 0 Å². The normalized spacial score (nSPS) is 14.9. The van der Waals surface area contributed by atoms with Crippen LogP contribution in [0.4, 0.5) is 13.2 Å². The number of carbonyl (C=O) groups is 2. The fourth-order valence-corrected chi connectivity index (χ4v) is 13.1. The van der Waals surface area contributed by atoms with Gasteiger partial charge in [-0.1, -0.05) is 12.1 Å². The number of nitrogens with zero attached hydrogens (tertiary/aromatic N) is 7. The highest BCUT2D eigenvalue weighted by atomic mass is 19.4. The summed E-state index contributed by atoms with van der Waals surface area (Å²) in [5, 5.41) is 30.2. The lowest BCUT2D eigenvalue weighted by Gasteiger charge is -2.30. The van der Waals surface area contributed by atoms with Crippen LogP contribution >= 0.6 is 0 Å². The molecule has 0 radical (unpaired) electrons. The van der Waals surface area contributed by atoms with E-state index in [0.717, 1.165) is 45.2 Å². The summed E-state index contributed by atoms with van der Waals surface area (Å²) in [7, 11) is 0. The molecule has 0 spiro atoms. The van der Waals surface area contributed by atoms with Crippen molar-refractivity contribution < 1.29 is 51.9 Å². The van der Waals surface area contributed by atoms with Gasteiger partial charge in [0.1, 0.15) is 17.6 Å². The zero-order chi connectivity index (χ0) is 63.5. The molecule has 5 aromatic carbocycles. The van der Waals surface area contributed by atoms with Gasteiger partial charge in [-0.05, 0) is 173 Å². The summed E-state index contributed by atoms with van der Waals surface area (Å²) >= 11 is 0. The van der Waals surface area contributed by atoms with Crippen LogP contribution < -0.4 is 20.6 Å². The number of pyridine rings is 5. The van der Waals surface area contributed by atoms with E-state index in [1.807, 2.05) is 87.0 Å². The number of fused-ring (bicyclic) bond motifs is 3. The molecule has 17 nitrogen and oxygen atoms in total. The molecule has 0 fully saturated rings. The van der Waals surface area contributed by atoms with Gasteiger partial charge < -0.3 is 38.3 Å². The van der Waals surface area contributed by atoms with Gasteiger partial charge in [-0.3, -0.25) is 29.2 Å². The minimum absolute atomic E-state index is 0.134. The van der Waals surface area contributed by atoms with Crippen LogP contribution in [0.3, 0.4) is 0 Å². The maximum Gasteiger partial charge on any atom is 0.417 e. The summed E-state index contributed by atoms with van der Waals surface area (Å²) in [4.78, 5) is 68.6. The van der Waals surface area contributed by atoms with Gasteiger partial charge in [0.25, 0.3) is 11.1 Å². The molecule has 13 rings (SSSR count). The summed E-state index contributed by atoms with van der Waals surface area (Å²) in [5.41, 5.74) is 6.26. The smallest absolute Gasteiger partial charge is 0.417 e. The number of hydrogen-bond donors (Lipinski definition) is 2. The van der Waals surface area contributed by atoms with E-state index in [2.05, 4.69) is 4.98 Å². The van der Waals surface area contributed by atoms with Crippen LogP contribution in [0, 0.1) is 13.8 Å². The lowest BCUT2D eigenvalue weighted by molar-refractivity contribution is -0.161. The molecule has 0 saturated carbocycles. The summed E-state index contributed by atoms with van der Waals surface area (Å²) in [6, 6.07) is 27.8. The number of hydrogen-bond acceptors (Lipinski definition) is 12. The fraction of sp³-hybridized carbons (Fsp3) is 0.286. The van der Waals surface area contributed by atoms with Crippen molar-refractivity contribution in [2.45, 2.75) is 124 Å². The Morgan fingerprint density at radius 3 is 1.80 bits per heavy atom. The van der Waals surface area contributed by atoms with Crippen LogP contribution in [0.1, 0.15) is 104 Å². The van der Waals surface area contributed by atoms with Crippen LogP contribution in [0.5, 0.6) is 11.5 Å².